The summed E-state index contributed by atoms with van der Waals surface area (Å²) in [5.74, 6) is 1.45. The van der Waals surface area contributed by atoms with Crippen molar-refractivity contribution in [2.45, 2.75) is 26.8 Å². The number of hydrogen-bond donors (Lipinski definition) is 3. The van der Waals surface area contributed by atoms with Gasteiger partial charge in [-0.3, -0.25) is 15.1 Å². The number of pyridine rings is 1. The Morgan fingerprint density at radius 3 is 2.75 bits per heavy atom. The first kappa shape index (κ1) is 23.4. The van der Waals surface area contributed by atoms with Crippen molar-refractivity contribution >= 4 is 40.1 Å². The molecule has 5 rings (SSSR count). The van der Waals surface area contributed by atoms with E-state index in [2.05, 4.69) is 36.6 Å². The summed E-state index contributed by atoms with van der Waals surface area (Å²) < 4.78 is 0. The van der Waals surface area contributed by atoms with Crippen LogP contribution >= 0.6 is 0 Å². The van der Waals surface area contributed by atoms with Crippen molar-refractivity contribution in [3.63, 3.8) is 0 Å². The predicted molar refractivity (Wildman–Crippen MR) is 145 cm³/mol. The molecule has 36 heavy (non-hydrogen) atoms. The van der Waals surface area contributed by atoms with Crippen LogP contribution in [0.5, 0.6) is 0 Å². The van der Waals surface area contributed by atoms with Crippen LogP contribution in [-0.4, -0.2) is 54.2 Å². The summed E-state index contributed by atoms with van der Waals surface area (Å²) in [6.07, 6.45) is 15.2. The molecule has 0 unspecified atom stereocenters. The van der Waals surface area contributed by atoms with Crippen LogP contribution in [-0.2, 0) is 0 Å². The molecule has 0 aromatic carbocycles. The van der Waals surface area contributed by atoms with E-state index in [0.717, 1.165) is 57.3 Å². The Balaban J connectivity index is 1.58. The minimum atomic E-state index is 0.183. The second-order valence-electron chi connectivity index (χ2n) is 8.67. The number of aromatic amines is 2. The van der Waals surface area contributed by atoms with Gasteiger partial charge < -0.3 is 15.6 Å². The molecule has 9 nitrogen and oxygen atoms in total. The monoisotopic (exact) mass is 479 g/mol. The predicted octanol–water partition coefficient (Wildman–Crippen LogP) is 2.56. The van der Waals surface area contributed by atoms with E-state index in [1.165, 1.54) is 0 Å². The number of allylic oxidation sites excluding steroid dienone is 5. The van der Waals surface area contributed by atoms with Gasteiger partial charge in [0.2, 0.25) is 0 Å². The second kappa shape index (κ2) is 9.71. The minimum absolute atomic E-state index is 0.183. The third-order valence-corrected chi connectivity index (χ3v) is 6.18. The molecule has 0 atom stereocenters. The maximum absolute atomic E-state index is 5.93. The maximum atomic E-state index is 5.93. The van der Waals surface area contributed by atoms with E-state index >= 15 is 0 Å². The fraction of sp³-hybridized carbons (Fsp3) is 0.222. The van der Waals surface area contributed by atoms with E-state index in [0.29, 0.717) is 17.2 Å². The van der Waals surface area contributed by atoms with Gasteiger partial charge in [0.1, 0.15) is 17.0 Å². The van der Waals surface area contributed by atoms with E-state index < -0.39 is 0 Å². The summed E-state index contributed by atoms with van der Waals surface area (Å²) >= 11 is 0. The molecule has 0 amide bonds. The normalized spacial score (nSPS) is 15.9. The second-order valence-corrected chi connectivity index (χ2v) is 8.67. The molecule has 4 aromatic rings. The number of H-pyrrole nitrogens is 2. The van der Waals surface area contributed by atoms with Gasteiger partial charge >= 0.3 is 0 Å². The molecule has 1 aliphatic heterocycles. The summed E-state index contributed by atoms with van der Waals surface area (Å²) in [7, 11) is 0. The smallest absolute Gasteiger partial charge is 0.159 e. The Kier molecular flexibility index (Phi) is 6.30. The van der Waals surface area contributed by atoms with Crippen LogP contribution in [0.4, 0.5) is 5.82 Å². The molecule has 5 heterocycles. The molecule has 0 radical (unpaired) electrons. The van der Waals surface area contributed by atoms with E-state index in [-0.39, 0.29) is 6.04 Å². The first-order valence-electron chi connectivity index (χ1n) is 11.9. The molecule has 182 valence electrons. The highest BCUT2D eigenvalue weighted by Crippen LogP contribution is 2.25. The molecule has 9 heteroatoms. The number of imidazole rings is 1. The van der Waals surface area contributed by atoms with E-state index in [1.54, 1.807) is 18.6 Å². The number of nitrogens with one attached hydrogen (secondary N) is 2. The van der Waals surface area contributed by atoms with E-state index in [9.17, 15) is 0 Å². The molecule has 0 saturated carbocycles. The van der Waals surface area contributed by atoms with Crippen molar-refractivity contribution in [3.8, 4) is 11.5 Å². The van der Waals surface area contributed by atoms with Crippen LogP contribution < -0.4 is 21.2 Å². The number of aromatic nitrogens is 7. The fourth-order valence-electron chi connectivity index (χ4n) is 4.27. The third kappa shape index (κ3) is 4.25. The third-order valence-electron chi connectivity index (χ3n) is 6.18. The lowest BCUT2D eigenvalue weighted by atomic mass is 10.1. The first-order chi connectivity index (χ1) is 17.5. The highest BCUT2D eigenvalue weighted by atomic mass is 15.3. The molecule has 0 spiro atoms. The minimum Gasteiger partial charge on any atom is -0.352 e. The lowest BCUT2D eigenvalue weighted by Crippen LogP contribution is -2.56. The van der Waals surface area contributed by atoms with E-state index in [1.807, 2.05) is 57.2 Å². The zero-order chi connectivity index (χ0) is 25.2. The highest BCUT2D eigenvalue weighted by molar-refractivity contribution is 5.92. The Bertz CT molecular complexity index is 1610. The maximum Gasteiger partial charge on any atom is 0.159 e. The summed E-state index contributed by atoms with van der Waals surface area (Å²) in [6.45, 7) is 11.8. The summed E-state index contributed by atoms with van der Waals surface area (Å²) in [6, 6.07) is 2.10. The van der Waals surface area contributed by atoms with Gasteiger partial charge in [-0.25, -0.2) is 9.97 Å². The topological polar surface area (TPSA) is 125 Å². The van der Waals surface area contributed by atoms with Crippen molar-refractivity contribution in [3.05, 3.63) is 71.4 Å². The zero-order valence-corrected chi connectivity index (χ0v) is 20.7. The Morgan fingerprint density at radius 2 is 2.03 bits per heavy atom. The van der Waals surface area contributed by atoms with Gasteiger partial charge in [0.15, 0.2) is 5.82 Å². The number of rotatable bonds is 6. The quantitative estimate of drug-likeness (QED) is 0.363. The number of hydrogen-bond acceptors (Lipinski definition) is 7. The molecular weight excluding hydrogens is 450 g/mol. The van der Waals surface area contributed by atoms with E-state index in [4.69, 9.17) is 15.7 Å². The Hall–Kier alpha value is -4.37. The summed E-state index contributed by atoms with van der Waals surface area (Å²) in [5, 5.41) is 9.42. The lowest BCUT2D eigenvalue weighted by Gasteiger charge is -2.37. The molecule has 4 aromatic heterocycles. The van der Waals surface area contributed by atoms with Crippen LogP contribution in [0.2, 0.25) is 0 Å². The van der Waals surface area contributed by atoms with Crippen molar-refractivity contribution in [2.75, 3.05) is 18.0 Å². The van der Waals surface area contributed by atoms with Gasteiger partial charge in [0.05, 0.1) is 34.6 Å². The number of anilines is 1. The van der Waals surface area contributed by atoms with Crippen LogP contribution in [0, 0.1) is 0 Å². The van der Waals surface area contributed by atoms with Crippen LogP contribution in [0.3, 0.4) is 0 Å². The van der Waals surface area contributed by atoms with Crippen LogP contribution in [0.25, 0.3) is 45.8 Å². The fourth-order valence-corrected chi connectivity index (χ4v) is 4.27. The van der Waals surface area contributed by atoms with Gasteiger partial charge in [-0.2, -0.15) is 5.10 Å². The van der Waals surface area contributed by atoms with Gasteiger partial charge in [0.25, 0.3) is 0 Å². The SMILES string of the molecule is C=C(/C=c1/c(-c2nc3c(C(/C=C\C)=C/C)nccc3[nH]2)n[nH]/c1=C/C)c1cncc(N2CC(N)C2)n1. The average molecular weight is 480 g/mol. The molecule has 0 aliphatic carbocycles. The van der Waals surface area contributed by atoms with Crippen LogP contribution in [0.1, 0.15) is 32.2 Å². The number of nitrogens with zero attached hydrogens (tertiary/aromatic N) is 6. The van der Waals surface area contributed by atoms with Gasteiger partial charge in [0, 0.05) is 30.5 Å². The van der Waals surface area contributed by atoms with Crippen LogP contribution in [0.15, 0.2) is 49.5 Å². The number of nitrogens with two attached hydrogens (primary N) is 1. The Morgan fingerprint density at radius 1 is 1.19 bits per heavy atom. The molecule has 0 bridgehead atoms. The number of fused-ring (bicyclic) bond motifs is 1. The lowest BCUT2D eigenvalue weighted by molar-refractivity contribution is 0.513. The van der Waals surface area contributed by atoms with Crippen molar-refractivity contribution < 1.29 is 0 Å². The standard InChI is InChI=1S/C27H29N9/c1-5-8-17(6-2)24-26-21(9-10-30-24)32-27(33-26)25-19(20(7-3)34-35-25)11-16(4)22-12-29-13-23(31-22)36-14-18(28)15-36/h5-13,18,34H,4,14-15,28H2,1-3H3,(H,32,33)/b8-5-,17-6+,19-11+,20-7+. The largest absolute Gasteiger partial charge is 0.352 e. The van der Waals surface area contributed by atoms with Gasteiger partial charge in [-0.05, 0) is 44.1 Å². The molecular formula is C27H29N9. The zero-order valence-electron chi connectivity index (χ0n) is 20.7. The molecule has 1 fully saturated rings. The Labute approximate surface area is 208 Å². The van der Waals surface area contributed by atoms with Crippen molar-refractivity contribution in [1.82, 2.24) is 35.1 Å². The average Bonchev–Trinajstić information content (AvgIpc) is 3.49. The highest BCUT2D eigenvalue weighted by Gasteiger charge is 2.24. The van der Waals surface area contributed by atoms with Gasteiger partial charge in [-0.1, -0.05) is 30.9 Å². The molecule has 1 aliphatic rings. The molecule has 1 saturated heterocycles. The summed E-state index contributed by atoms with van der Waals surface area (Å²) in [5.41, 5.74) is 11.5. The van der Waals surface area contributed by atoms with Crippen molar-refractivity contribution in [2.24, 2.45) is 5.73 Å². The van der Waals surface area contributed by atoms with Crippen molar-refractivity contribution in [1.29, 1.82) is 0 Å². The first-order valence-corrected chi connectivity index (χ1v) is 11.9. The summed E-state index contributed by atoms with van der Waals surface area (Å²) in [4.78, 5) is 24.1. The van der Waals surface area contributed by atoms with Gasteiger partial charge in [-0.15, -0.1) is 0 Å². The molecule has 4 N–H and O–H groups in total.